The van der Waals surface area contributed by atoms with E-state index in [1.165, 1.54) is 16.7 Å². The summed E-state index contributed by atoms with van der Waals surface area (Å²) < 4.78 is 4.00. The van der Waals surface area contributed by atoms with Crippen molar-refractivity contribution in [3.63, 3.8) is 0 Å². The first-order chi connectivity index (χ1) is 10.2. The standard InChI is InChI=1S/C17H17ClN3.ClH/c1-14-4-2-5-15(8-14)11-21-13-20(12-19-21)10-16-6-3-7-17(18)9-16;/h2-9,12-13H,10-11H2,1H3;1H/q+1;/p-1. The fourth-order valence-corrected chi connectivity index (χ4v) is 2.58. The van der Waals surface area contributed by atoms with Gasteiger partial charge in [0.15, 0.2) is 0 Å². The van der Waals surface area contributed by atoms with E-state index in [0.717, 1.165) is 18.1 Å². The molecule has 0 radical (unpaired) electrons. The molecule has 2 aromatic carbocycles. The van der Waals surface area contributed by atoms with E-state index in [9.17, 15) is 0 Å². The average Bonchev–Trinajstić information content (AvgIpc) is 2.86. The predicted octanol–water partition coefficient (Wildman–Crippen LogP) is 0.233. The van der Waals surface area contributed by atoms with Gasteiger partial charge in [0.1, 0.15) is 6.54 Å². The molecule has 5 heteroatoms. The zero-order valence-corrected chi connectivity index (χ0v) is 13.8. The smallest absolute Gasteiger partial charge is 0.265 e. The largest absolute Gasteiger partial charge is 1.00 e. The van der Waals surface area contributed by atoms with E-state index in [1.54, 1.807) is 0 Å². The lowest BCUT2D eigenvalue weighted by Crippen LogP contribution is -3.00. The summed E-state index contributed by atoms with van der Waals surface area (Å²) in [5.41, 5.74) is 3.70. The number of halogens is 2. The molecule has 0 aliphatic rings. The Balaban J connectivity index is 0.00000176. The van der Waals surface area contributed by atoms with Crippen LogP contribution in [0.25, 0.3) is 0 Å². The van der Waals surface area contributed by atoms with Crippen LogP contribution >= 0.6 is 11.6 Å². The van der Waals surface area contributed by atoms with Crippen LogP contribution in [0.2, 0.25) is 5.02 Å². The first-order valence-corrected chi connectivity index (χ1v) is 7.28. The molecule has 1 heterocycles. The van der Waals surface area contributed by atoms with Crippen molar-refractivity contribution < 1.29 is 17.0 Å². The highest BCUT2D eigenvalue weighted by Gasteiger charge is 2.07. The quantitative estimate of drug-likeness (QED) is 0.626. The molecule has 0 aliphatic heterocycles. The van der Waals surface area contributed by atoms with Crippen molar-refractivity contribution in [1.82, 2.24) is 9.78 Å². The molecule has 22 heavy (non-hydrogen) atoms. The number of benzene rings is 2. The molecule has 0 bridgehead atoms. The van der Waals surface area contributed by atoms with E-state index in [-0.39, 0.29) is 12.4 Å². The molecule has 0 fully saturated rings. The van der Waals surface area contributed by atoms with Crippen LogP contribution in [0.3, 0.4) is 0 Å². The third-order valence-corrected chi connectivity index (χ3v) is 3.55. The second-order valence-electron chi connectivity index (χ2n) is 5.24. The van der Waals surface area contributed by atoms with Gasteiger partial charge in [0.2, 0.25) is 6.33 Å². The van der Waals surface area contributed by atoms with Gasteiger partial charge in [-0.25, -0.2) is 4.57 Å². The van der Waals surface area contributed by atoms with Crippen molar-refractivity contribution in [3.05, 3.63) is 82.9 Å². The Morgan fingerprint density at radius 3 is 2.64 bits per heavy atom. The number of nitrogens with zero attached hydrogens (tertiary/aromatic N) is 3. The first-order valence-electron chi connectivity index (χ1n) is 6.90. The van der Waals surface area contributed by atoms with Gasteiger partial charge in [0.05, 0.1) is 6.54 Å². The zero-order chi connectivity index (χ0) is 14.7. The number of rotatable bonds is 4. The van der Waals surface area contributed by atoms with Crippen LogP contribution in [-0.4, -0.2) is 9.78 Å². The van der Waals surface area contributed by atoms with Gasteiger partial charge in [-0.1, -0.05) is 53.6 Å². The summed E-state index contributed by atoms with van der Waals surface area (Å²) in [6.45, 7) is 3.66. The van der Waals surface area contributed by atoms with E-state index >= 15 is 0 Å². The van der Waals surface area contributed by atoms with E-state index in [4.69, 9.17) is 11.6 Å². The topological polar surface area (TPSA) is 21.7 Å². The van der Waals surface area contributed by atoms with Crippen molar-refractivity contribution >= 4 is 11.6 Å². The molecule has 0 spiro atoms. The van der Waals surface area contributed by atoms with E-state index < -0.39 is 0 Å². The van der Waals surface area contributed by atoms with Gasteiger partial charge in [0, 0.05) is 10.1 Å². The van der Waals surface area contributed by atoms with Crippen LogP contribution in [-0.2, 0) is 13.1 Å². The van der Waals surface area contributed by atoms with Crippen molar-refractivity contribution in [2.24, 2.45) is 0 Å². The van der Waals surface area contributed by atoms with Crippen LogP contribution in [0.1, 0.15) is 16.7 Å². The van der Waals surface area contributed by atoms with Gasteiger partial charge in [-0.05, 0) is 30.2 Å². The highest BCUT2D eigenvalue weighted by Crippen LogP contribution is 2.10. The summed E-state index contributed by atoms with van der Waals surface area (Å²) in [6.07, 6.45) is 3.86. The van der Waals surface area contributed by atoms with Crippen molar-refractivity contribution in [2.45, 2.75) is 20.0 Å². The maximum Gasteiger partial charge on any atom is 0.265 e. The lowest BCUT2D eigenvalue weighted by molar-refractivity contribution is -0.689. The molecule has 0 saturated heterocycles. The fraction of sp³-hybridized carbons (Fsp3) is 0.176. The first kappa shape index (κ1) is 16.5. The Hall–Kier alpha value is -1.84. The van der Waals surface area contributed by atoms with E-state index in [1.807, 2.05) is 35.5 Å². The van der Waals surface area contributed by atoms with Gasteiger partial charge < -0.3 is 12.4 Å². The molecule has 0 unspecified atom stereocenters. The minimum atomic E-state index is 0. The third kappa shape index (κ3) is 4.33. The van der Waals surface area contributed by atoms with Crippen LogP contribution in [0, 0.1) is 6.92 Å². The maximum atomic E-state index is 6.01. The summed E-state index contributed by atoms with van der Waals surface area (Å²) in [4.78, 5) is 0. The number of aromatic nitrogens is 3. The highest BCUT2D eigenvalue weighted by atomic mass is 35.5. The Labute approximate surface area is 141 Å². The second-order valence-corrected chi connectivity index (χ2v) is 5.67. The van der Waals surface area contributed by atoms with Crippen LogP contribution in [0.15, 0.2) is 61.2 Å². The Morgan fingerprint density at radius 2 is 1.86 bits per heavy atom. The lowest BCUT2D eigenvalue weighted by Gasteiger charge is -1.99. The Kier molecular flexibility index (Phi) is 5.58. The van der Waals surface area contributed by atoms with Gasteiger partial charge in [-0.3, -0.25) is 0 Å². The average molecular weight is 334 g/mol. The molecule has 3 rings (SSSR count). The van der Waals surface area contributed by atoms with Gasteiger partial charge in [-0.15, -0.1) is 4.68 Å². The molecule has 0 aliphatic carbocycles. The summed E-state index contributed by atoms with van der Waals surface area (Å²) >= 11 is 6.01. The molecule has 0 saturated carbocycles. The van der Waals surface area contributed by atoms with Crippen molar-refractivity contribution in [1.29, 1.82) is 0 Å². The number of hydrogen-bond acceptors (Lipinski definition) is 1. The van der Waals surface area contributed by atoms with E-state index in [2.05, 4.69) is 46.9 Å². The molecule has 114 valence electrons. The third-order valence-electron chi connectivity index (χ3n) is 3.31. The normalized spacial score (nSPS) is 10.3. The zero-order valence-electron chi connectivity index (χ0n) is 12.3. The number of hydrogen-bond donors (Lipinski definition) is 0. The summed E-state index contributed by atoms with van der Waals surface area (Å²) in [6, 6.07) is 16.4. The van der Waals surface area contributed by atoms with Crippen LogP contribution < -0.4 is 17.0 Å². The fourth-order valence-electron chi connectivity index (χ4n) is 2.37. The SMILES string of the molecule is Cc1cccc(Cn2c[n+](Cc3cccc(Cl)c3)cn2)c1.[Cl-]. The van der Waals surface area contributed by atoms with Gasteiger partial charge >= 0.3 is 0 Å². The van der Waals surface area contributed by atoms with Crippen molar-refractivity contribution in [2.75, 3.05) is 0 Å². The monoisotopic (exact) mass is 333 g/mol. The highest BCUT2D eigenvalue weighted by molar-refractivity contribution is 6.30. The summed E-state index contributed by atoms with van der Waals surface area (Å²) in [7, 11) is 0. The maximum absolute atomic E-state index is 6.01. The van der Waals surface area contributed by atoms with Gasteiger partial charge in [0.25, 0.3) is 6.33 Å². The van der Waals surface area contributed by atoms with Crippen molar-refractivity contribution in [3.8, 4) is 0 Å². The summed E-state index contributed by atoms with van der Waals surface area (Å²) in [5.74, 6) is 0. The van der Waals surface area contributed by atoms with Crippen LogP contribution in [0.4, 0.5) is 0 Å². The number of aryl methyl sites for hydroxylation is 1. The lowest BCUT2D eigenvalue weighted by atomic mass is 10.1. The van der Waals surface area contributed by atoms with Gasteiger partial charge in [-0.2, -0.15) is 0 Å². The molecule has 0 N–H and O–H groups in total. The predicted molar refractivity (Wildman–Crippen MR) is 83.3 cm³/mol. The van der Waals surface area contributed by atoms with E-state index in [0.29, 0.717) is 0 Å². The molecule has 3 aromatic rings. The Morgan fingerprint density at radius 1 is 1.09 bits per heavy atom. The minimum Gasteiger partial charge on any atom is -1.00 e. The minimum absolute atomic E-state index is 0. The molecule has 0 atom stereocenters. The molecule has 0 amide bonds. The van der Waals surface area contributed by atoms with Crippen LogP contribution in [0.5, 0.6) is 0 Å². The molecule has 3 nitrogen and oxygen atoms in total. The molecule has 1 aromatic heterocycles. The molecular weight excluding hydrogens is 317 g/mol. The summed E-state index contributed by atoms with van der Waals surface area (Å²) in [5, 5.41) is 5.17. The Bertz CT molecular complexity index is 691. The second kappa shape index (κ2) is 7.43. The molecular formula is C17H17Cl2N3.